The Kier molecular flexibility index (Phi) is 8.67. The molecule has 178 valence electrons. The zero-order chi connectivity index (χ0) is 23.0. The van der Waals surface area contributed by atoms with Gasteiger partial charge in [0.2, 0.25) is 15.8 Å². The van der Waals surface area contributed by atoms with Gasteiger partial charge in [-0.3, -0.25) is 9.59 Å². The fourth-order valence-electron chi connectivity index (χ4n) is 4.61. The summed E-state index contributed by atoms with van der Waals surface area (Å²) in [5, 5.41) is 1.19. The molecule has 4 rings (SSSR count). The summed E-state index contributed by atoms with van der Waals surface area (Å²) in [5.41, 5.74) is 0.685. The van der Waals surface area contributed by atoms with Gasteiger partial charge in [0.1, 0.15) is 12.4 Å². The number of thiocarbonyl (C=S) groups is 1. The molecule has 1 aliphatic heterocycles. The Balaban J connectivity index is 1.23. The first-order valence-corrected chi connectivity index (χ1v) is 13.2. The Labute approximate surface area is 204 Å². The van der Waals surface area contributed by atoms with E-state index in [2.05, 4.69) is 9.88 Å². The zero-order valence-corrected chi connectivity index (χ0v) is 20.6. The van der Waals surface area contributed by atoms with Crippen LogP contribution >= 0.6 is 24.0 Å². The van der Waals surface area contributed by atoms with Crippen LogP contribution in [0.1, 0.15) is 51.4 Å². The molecule has 0 spiro atoms. The molecular weight excluding hydrogens is 456 g/mol. The van der Waals surface area contributed by atoms with Crippen molar-refractivity contribution in [2.24, 2.45) is 5.92 Å². The van der Waals surface area contributed by atoms with Crippen molar-refractivity contribution in [2.45, 2.75) is 56.6 Å². The number of aromatic amines is 1. The minimum atomic E-state index is -0.111. The van der Waals surface area contributed by atoms with Crippen LogP contribution in [0.25, 0.3) is 10.9 Å². The fraction of sp³-hybridized carbons (Fsp3) is 0.560. The Morgan fingerprint density at radius 1 is 1.15 bits per heavy atom. The molecule has 1 aliphatic carbocycles. The molecule has 2 heterocycles. The topological polar surface area (TPSA) is 71.6 Å². The lowest BCUT2D eigenvalue weighted by atomic mass is 9.89. The van der Waals surface area contributed by atoms with Crippen molar-refractivity contribution in [3.63, 3.8) is 0 Å². The van der Waals surface area contributed by atoms with Crippen LogP contribution in [-0.2, 0) is 9.53 Å². The third-order valence-corrected chi connectivity index (χ3v) is 7.71. The third-order valence-electron chi connectivity index (χ3n) is 6.38. The van der Waals surface area contributed by atoms with Gasteiger partial charge in [-0.25, -0.2) is 0 Å². The molecule has 1 unspecified atom stereocenters. The largest absolute Gasteiger partial charge is 0.494 e. The number of hydrogen-bond acceptors (Lipinski definition) is 6. The van der Waals surface area contributed by atoms with Gasteiger partial charge in [0, 0.05) is 36.5 Å². The number of nitrogens with one attached hydrogen (secondary N) is 1. The van der Waals surface area contributed by atoms with E-state index in [1.165, 1.54) is 38.2 Å². The smallest absolute Gasteiger partial charge is 0.248 e. The van der Waals surface area contributed by atoms with Crippen molar-refractivity contribution in [3.8, 4) is 5.75 Å². The number of rotatable bonds is 10. The van der Waals surface area contributed by atoms with Crippen molar-refractivity contribution in [1.29, 1.82) is 0 Å². The van der Waals surface area contributed by atoms with Crippen molar-refractivity contribution in [2.75, 3.05) is 26.3 Å². The van der Waals surface area contributed by atoms with E-state index in [0.29, 0.717) is 29.9 Å². The first-order chi connectivity index (χ1) is 16.1. The number of thioether (sulfide) groups is 1. The highest BCUT2D eigenvalue weighted by Crippen LogP contribution is 2.28. The molecule has 8 heteroatoms. The predicted molar refractivity (Wildman–Crippen MR) is 137 cm³/mol. The molecule has 33 heavy (non-hydrogen) atoms. The van der Waals surface area contributed by atoms with Crippen molar-refractivity contribution in [1.82, 2.24) is 9.88 Å². The number of benzene rings is 1. The molecule has 1 saturated carbocycles. The number of fused-ring (bicyclic) bond motifs is 1. The number of amides is 1. The molecular formula is C25H32N2O4S2. The SMILES string of the molecule is O=C(CCCCOc1ccc2[nH]c(=O)ccc2c1)N(CC1CCCCC1)CC1COC(=S)S1. The van der Waals surface area contributed by atoms with Gasteiger partial charge in [-0.15, -0.1) is 0 Å². The number of H-pyrrole nitrogens is 1. The second-order valence-electron chi connectivity index (χ2n) is 8.98. The summed E-state index contributed by atoms with van der Waals surface area (Å²) in [6.45, 7) is 2.74. The van der Waals surface area contributed by atoms with Gasteiger partial charge in [0.05, 0.1) is 11.9 Å². The van der Waals surface area contributed by atoms with Gasteiger partial charge in [-0.1, -0.05) is 31.0 Å². The summed E-state index contributed by atoms with van der Waals surface area (Å²) in [7, 11) is 0. The van der Waals surface area contributed by atoms with E-state index in [0.717, 1.165) is 42.6 Å². The van der Waals surface area contributed by atoms with Gasteiger partial charge in [-0.2, -0.15) is 0 Å². The van der Waals surface area contributed by atoms with Crippen LogP contribution < -0.4 is 10.3 Å². The third kappa shape index (κ3) is 7.21. The molecule has 1 atom stereocenters. The standard InChI is InChI=1S/C25H32N2O4S2/c28-23-12-9-19-14-20(10-11-22(19)26-23)30-13-5-4-8-24(29)27(15-18-6-2-1-3-7-18)16-21-17-31-25(32)33-21/h9-12,14,18,21H,1-8,13,15-17H2,(H,26,28). The summed E-state index contributed by atoms with van der Waals surface area (Å²) in [4.78, 5) is 29.3. The van der Waals surface area contributed by atoms with Gasteiger partial charge in [-0.05, 0) is 68.1 Å². The number of unbranched alkanes of at least 4 members (excludes halogenated alkanes) is 1. The highest BCUT2D eigenvalue weighted by molar-refractivity contribution is 8.23. The average molecular weight is 489 g/mol. The molecule has 6 nitrogen and oxygen atoms in total. The van der Waals surface area contributed by atoms with Crippen LogP contribution in [0.15, 0.2) is 35.1 Å². The average Bonchev–Trinajstić information content (AvgIpc) is 3.23. The van der Waals surface area contributed by atoms with Crippen molar-refractivity contribution < 1.29 is 14.3 Å². The molecule has 0 bridgehead atoms. The second-order valence-corrected chi connectivity index (χ2v) is 10.9. The number of nitrogens with zero attached hydrogens (tertiary/aromatic N) is 1. The molecule has 2 aliphatic rings. The first kappa shape index (κ1) is 24.1. The monoisotopic (exact) mass is 488 g/mol. The number of hydrogen-bond donors (Lipinski definition) is 1. The first-order valence-electron chi connectivity index (χ1n) is 11.9. The van der Waals surface area contributed by atoms with Crippen LogP contribution in [0.3, 0.4) is 0 Å². The summed E-state index contributed by atoms with van der Waals surface area (Å²) in [6, 6.07) is 8.95. The van der Waals surface area contributed by atoms with Crippen LogP contribution in [0.2, 0.25) is 0 Å². The van der Waals surface area contributed by atoms with Crippen LogP contribution in [0.5, 0.6) is 5.75 Å². The molecule has 1 amide bonds. The molecule has 2 aromatic rings. The minimum absolute atomic E-state index is 0.111. The molecule has 0 radical (unpaired) electrons. The summed E-state index contributed by atoms with van der Waals surface area (Å²) < 4.78 is 11.9. The lowest BCUT2D eigenvalue weighted by Crippen LogP contribution is -2.40. The van der Waals surface area contributed by atoms with Gasteiger partial charge in [0.15, 0.2) is 0 Å². The van der Waals surface area contributed by atoms with Crippen LogP contribution in [-0.4, -0.2) is 51.7 Å². The summed E-state index contributed by atoms with van der Waals surface area (Å²) in [6.07, 6.45) is 8.48. The van der Waals surface area contributed by atoms with E-state index in [1.54, 1.807) is 17.8 Å². The Morgan fingerprint density at radius 2 is 2.00 bits per heavy atom. The van der Waals surface area contributed by atoms with Crippen molar-refractivity contribution in [3.05, 3.63) is 40.7 Å². The van der Waals surface area contributed by atoms with E-state index in [9.17, 15) is 9.59 Å². The highest BCUT2D eigenvalue weighted by atomic mass is 32.2. The van der Waals surface area contributed by atoms with E-state index < -0.39 is 0 Å². The van der Waals surface area contributed by atoms with E-state index >= 15 is 0 Å². The molecule has 1 saturated heterocycles. The number of carbonyl (C=O) groups is 1. The fourth-order valence-corrected chi connectivity index (χ4v) is 5.88. The maximum Gasteiger partial charge on any atom is 0.248 e. The number of carbonyl (C=O) groups excluding carboxylic acids is 1. The Morgan fingerprint density at radius 3 is 2.79 bits per heavy atom. The quantitative estimate of drug-likeness (QED) is 0.379. The van der Waals surface area contributed by atoms with Crippen LogP contribution in [0.4, 0.5) is 0 Å². The van der Waals surface area contributed by atoms with Crippen molar-refractivity contribution >= 4 is 45.2 Å². The number of ether oxygens (including phenoxy) is 2. The van der Waals surface area contributed by atoms with E-state index in [4.69, 9.17) is 21.7 Å². The molecule has 1 aromatic heterocycles. The molecule has 1 aromatic carbocycles. The zero-order valence-electron chi connectivity index (χ0n) is 18.9. The maximum absolute atomic E-state index is 13.1. The van der Waals surface area contributed by atoms with E-state index in [1.807, 2.05) is 18.2 Å². The van der Waals surface area contributed by atoms with Crippen LogP contribution in [0, 0.1) is 5.92 Å². The van der Waals surface area contributed by atoms with Gasteiger partial charge in [0.25, 0.3) is 0 Å². The molecule has 1 N–H and O–H groups in total. The normalized spacial score (nSPS) is 18.9. The molecule has 2 fully saturated rings. The summed E-state index contributed by atoms with van der Waals surface area (Å²) in [5.74, 6) is 1.62. The maximum atomic E-state index is 13.1. The van der Waals surface area contributed by atoms with Gasteiger partial charge >= 0.3 is 0 Å². The Hall–Kier alpha value is -2.06. The number of aromatic nitrogens is 1. The number of pyridine rings is 1. The second kappa shape index (κ2) is 11.9. The van der Waals surface area contributed by atoms with E-state index in [-0.39, 0.29) is 16.7 Å². The predicted octanol–water partition coefficient (Wildman–Crippen LogP) is 4.90. The lowest BCUT2D eigenvalue weighted by Gasteiger charge is -2.31. The summed E-state index contributed by atoms with van der Waals surface area (Å²) >= 11 is 6.73. The Bertz CT molecular complexity index is 1020. The lowest BCUT2D eigenvalue weighted by molar-refractivity contribution is -0.132. The highest BCUT2D eigenvalue weighted by Gasteiger charge is 2.28. The minimum Gasteiger partial charge on any atom is -0.494 e. The van der Waals surface area contributed by atoms with Gasteiger partial charge < -0.3 is 19.4 Å².